The van der Waals surface area contributed by atoms with E-state index in [4.69, 9.17) is 4.74 Å². The predicted molar refractivity (Wildman–Crippen MR) is 86.2 cm³/mol. The van der Waals surface area contributed by atoms with Crippen molar-refractivity contribution in [1.82, 2.24) is 0 Å². The first-order valence-electron chi connectivity index (χ1n) is 7.49. The van der Waals surface area contributed by atoms with E-state index in [2.05, 4.69) is 0 Å². The van der Waals surface area contributed by atoms with Crippen molar-refractivity contribution in [3.8, 4) is 0 Å². The summed E-state index contributed by atoms with van der Waals surface area (Å²) in [5.74, 6) is -0.469. The van der Waals surface area contributed by atoms with Gasteiger partial charge in [0, 0.05) is 6.08 Å². The van der Waals surface area contributed by atoms with Crippen LogP contribution in [-0.2, 0) is 22.1 Å². The Labute approximate surface area is 138 Å². The number of ether oxygens (including phenoxy) is 1. The Morgan fingerprint density at radius 3 is 2.21 bits per heavy atom. The molecule has 0 amide bonds. The summed E-state index contributed by atoms with van der Waals surface area (Å²) < 4.78 is 42.8. The summed E-state index contributed by atoms with van der Waals surface area (Å²) >= 11 is 0. The van der Waals surface area contributed by atoms with E-state index >= 15 is 0 Å². The Morgan fingerprint density at radius 1 is 1.04 bits per heavy atom. The highest BCUT2D eigenvalue weighted by Gasteiger charge is 2.29. The second-order valence-corrected chi connectivity index (χ2v) is 5.16. The van der Waals surface area contributed by atoms with E-state index in [9.17, 15) is 18.0 Å². The van der Waals surface area contributed by atoms with Crippen LogP contribution in [0.1, 0.15) is 23.6 Å². The third kappa shape index (κ3) is 4.98. The highest BCUT2D eigenvalue weighted by Crippen LogP contribution is 2.30. The molecule has 0 bridgehead atoms. The molecule has 0 spiro atoms. The van der Waals surface area contributed by atoms with E-state index in [1.54, 1.807) is 6.92 Å². The van der Waals surface area contributed by atoms with Gasteiger partial charge < -0.3 is 4.74 Å². The molecule has 0 radical (unpaired) electrons. The lowest BCUT2D eigenvalue weighted by molar-refractivity contribution is -0.138. The van der Waals surface area contributed by atoms with Gasteiger partial charge in [-0.25, -0.2) is 4.79 Å². The van der Waals surface area contributed by atoms with Crippen molar-refractivity contribution in [2.24, 2.45) is 0 Å². The van der Waals surface area contributed by atoms with E-state index in [0.717, 1.165) is 17.7 Å². The summed E-state index contributed by atoms with van der Waals surface area (Å²) in [6.07, 6.45) is -2.64. The number of rotatable bonds is 5. The average molecular weight is 334 g/mol. The van der Waals surface area contributed by atoms with Crippen LogP contribution in [0.15, 0.2) is 60.7 Å². The van der Waals surface area contributed by atoms with Crippen LogP contribution < -0.4 is 0 Å². The zero-order valence-electron chi connectivity index (χ0n) is 13.1. The minimum atomic E-state index is -4.36. The smallest absolute Gasteiger partial charge is 0.416 e. The van der Waals surface area contributed by atoms with E-state index < -0.39 is 17.7 Å². The minimum Gasteiger partial charge on any atom is -0.463 e. The molecule has 0 heterocycles. The molecule has 0 aliphatic heterocycles. The number of carbonyl (C=O) groups excluding carboxylic acids is 1. The van der Waals surface area contributed by atoms with E-state index in [-0.39, 0.29) is 6.61 Å². The summed E-state index contributed by atoms with van der Waals surface area (Å²) in [6.45, 7) is 1.97. The molecule has 0 aromatic heterocycles. The van der Waals surface area contributed by atoms with Crippen molar-refractivity contribution >= 4 is 11.5 Å². The third-order valence-corrected chi connectivity index (χ3v) is 3.40. The molecule has 2 nitrogen and oxygen atoms in total. The molecule has 0 saturated heterocycles. The fourth-order valence-corrected chi connectivity index (χ4v) is 2.25. The Hall–Kier alpha value is -2.56. The van der Waals surface area contributed by atoms with Crippen molar-refractivity contribution < 1.29 is 22.7 Å². The normalized spacial score (nSPS) is 12.1. The molecule has 0 aliphatic carbocycles. The first-order valence-corrected chi connectivity index (χ1v) is 7.49. The van der Waals surface area contributed by atoms with Gasteiger partial charge in [-0.1, -0.05) is 42.5 Å². The largest absolute Gasteiger partial charge is 0.463 e. The van der Waals surface area contributed by atoms with Crippen LogP contribution in [0, 0.1) is 0 Å². The number of halogens is 3. The quantitative estimate of drug-likeness (QED) is 0.574. The van der Waals surface area contributed by atoms with Gasteiger partial charge in [0.2, 0.25) is 0 Å². The maximum absolute atomic E-state index is 12.6. The topological polar surface area (TPSA) is 26.3 Å². The molecule has 0 fully saturated rings. The Balaban J connectivity index is 2.27. The van der Waals surface area contributed by atoms with Gasteiger partial charge >= 0.3 is 12.1 Å². The van der Waals surface area contributed by atoms with Crippen LogP contribution in [0.3, 0.4) is 0 Å². The first-order chi connectivity index (χ1) is 11.4. The van der Waals surface area contributed by atoms with Crippen LogP contribution in [0.25, 0.3) is 5.57 Å². The SMILES string of the molecule is CCOC(=O)/C=C(\Cc1ccc(C(F)(F)F)cc1)c1ccccc1. The number of alkyl halides is 3. The fourth-order valence-electron chi connectivity index (χ4n) is 2.25. The zero-order valence-corrected chi connectivity index (χ0v) is 13.1. The van der Waals surface area contributed by atoms with Crippen LogP contribution in [0.4, 0.5) is 13.2 Å². The zero-order chi connectivity index (χ0) is 17.6. The van der Waals surface area contributed by atoms with Crippen LogP contribution in [0.5, 0.6) is 0 Å². The maximum atomic E-state index is 12.6. The summed E-state index contributed by atoms with van der Waals surface area (Å²) in [5.41, 5.74) is 1.50. The van der Waals surface area contributed by atoms with Gasteiger partial charge in [0.05, 0.1) is 12.2 Å². The molecular weight excluding hydrogens is 317 g/mol. The Bertz CT molecular complexity index is 702. The minimum absolute atomic E-state index is 0.262. The summed E-state index contributed by atoms with van der Waals surface area (Å²) in [4.78, 5) is 11.8. The first kappa shape index (κ1) is 17.8. The van der Waals surface area contributed by atoms with Crippen molar-refractivity contribution in [3.63, 3.8) is 0 Å². The lowest BCUT2D eigenvalue weighted by Gasteiger charge is -2.10. The van der Waals surface area contributed by atoms with Crippen LogP contribution >= 0.6 is 0 Å². The molecule has 2 aromatic carbocycles. The molecule has 0 saturated carbocycles. The van der Waals surface area contributed by atoms with Crippen molar-refractivity contribution in [1.29, 1.82) is 0 Å². The molecule has 126 valence electrons. The Morgan fingerprint density at radius 2 is 1.67 bits per heavy atom. The van der Waals surface area contributed by atoms with Crippen molar-refractivity contribution in [3.05, 3.63) is 77.4 Å². The molecular formula is C19H17F3O2. The molecule has 2 aromatic rings. The standard InChI is InChI=1S/C19H17F3O2/c1-2-24-18(23)13-16(15-6-4-3-5-7-15)12-14-8-10-17(11-9-14)19(20,21)22/h3-11,13H,2,12H2,1H3/b16-13+. The highest BCUT2D eigenvalue weighted by atomic mass is 19.4. The van der Waals surface area contributed by atoms with Crippen LogP contribution in [0.2, 0.25) is 0 Å². The fraction of sp³-hybridized carbons (Fsp3) is 0.211. The molecule has 5 heteroatoms. The summed E-state index contributed by atoms with van der Waals surface area (Å²) in [7, 11) is 0. The third-order valence-electron chi connectivity index (χ3n) is 3.40. The summed E-state index contributed by atoms with van der Waals surface area (Å²) in [5, 5.41) is 0. The highest BCUT2D eigenvalue weighted by molar-refractivity contribution is 5.91. The maximum Gasteiger partial charge on any atom is 0.416 e. The molecule has 2 rings (SSSR count). The van der Waals surface area contributed by atoms with Gasteiger partial charge in [0.15, 0.2) is 0 Å². The Kier molecular flexibility index (Phi) is 5.79. The van der Waals surface area contributed by atoms with E-state index in [0.29, 0.717) is 17.6 Å². The number of hydrogen-bond donors (Lipinski definition) is 0. The van der Waals surface area contributed by atoms with E-state index in [1.165, 1.54) is 18.2 Å². The van der Waals surface area contributed by atoms with Gasteiger partial charge in [0.25, 0.3) is 0 Å². The number of esters is 1. The van der Waals surface area contributed by atoms with Gasteiger partial charge in [-0.15, -0.1) is 0 Å². The molecule has 0 aliphatic rings. The van der Waals surface area contributed by atoms with Crippen LogP contribution in [-0.4, -0.2) is 12.6 Å². The molecule has 0 atom stereocenters. The number of benzene rings is 2. The number of allylic oxidation sites excluding steroid dienone is 1. The summed E-state index contributed by atoms with van der Waals surface area (Å²) in [6, 6.07) is 14.1. The average Bonchev–Trinajstić information content (AvgIpc) is 2.55. The second-order valence-electron chi connectivity index (χ2n) is 5.16. The van der Waals surface area contributed by atoms with Gasteiger partial charge in [-0.2, -0.15) is 13.2 Å². The number of carbonyl (C=O) groups is 1. The van der Waals surface area contributed by atoms with Gasteiger partial charge in [-0.3, -0.25) is 0 Å². The van der Waals surface area contributed by atoms with Crippen molar-refractivity contribution in [2.45, 2.75) is 19.5 Å². The van der Waals surface area contributed by atoms with Crippen molar-refractivity contribution in [2.75, 3.05) is 6.61 Å². The van der Waals surface area contributed by atoms with Gasteiger partial charge in [0.1, 0.15) is 0 Å². The lowest BCUT2D eigenvalue weighted by Crippen LogP contribution is -2.05. The van der Waals surface area contributed by atoms with Gasteiger partial charge in [-0.05, 0) is 42.2 Å². The monoisotopic (exact) mass is 334 g/mol. The van der Waals surface area contributed by atoms with E-state index in [1.807, 2.05) is 30.3 Å². The molecule has 24 heavy (non-hydrogen) atoms. The lowest BCUT2D eigenvalue weighted by atomic mass is 9.97. The second kappa shape index (κ2) is 7.81. The number of hydrogen-bond acceptors (Lipinski definition) is 2. The molecule has 0 N–H and O–H groups in total. The molecule has 0 unspecified atom stereocenters. The predicted octanol–water partition coefficient (Wildman–Crippen LogP) is 4.89.